The van der Waals surface area contributed by atoms with Crippen LogP contribution < -0.4 is 0 Å². The van der Waals surface area contributed by atoms with E-state index in [-0.39, 0.29) is 0 Å². The zero-order valence-electron chi connectivity index (χ0n) is 11.5. The molecule has 0 radical (unpaired) electrons. The van der Waals surface area contributed by atoms with Gasteiger partial charge in [0.15, 0.2) is 5.60 Å². The summed E-state index contributed by atoms with van der Waals surface area (Å²) in [5, 5.41) is 0. The van der Waals surface area contributed by atoms with Gasteiger partial charge in [0.1, 0.15) is 0 Å². The van der Waals surface area contributed by atoms with Crippen molar-refractivity contribution in [2.75, 3.05) is 0 Å². The van der Waals surface area contributed by atoms with Crippen molar-refractivity contribution < 1.29 is 4.18 Å². The molecule has 0 bridgehead atoms. The third-order valence-electron chi connectivity index (χ3n) is 3.68. The molecule has 0 N–H and O–H groups in total. The highest BCUT2D eigenvalue weighted by Gasteiger charge is 2.36. The molecule has 0 aliphatic carbocycles. The Labute approximate surface area is 130 Å². The second-order valence-corrected chi connectivity index (χ2v) is 5.05. The van der Waals surface area contributed by atoms with Crippen molar-refractivity contribution in [1.82, 2.24) is 0 Å². The largest absolute Gasteiger partial charge is 0.298 e. The third-order valence-corrected chi connectivity index (χ3v) is 3.95. The normalized spacial score (nSPS) is 11.3. The number of hydrogen-bond donors (Lipinski definition) is 1. The summed E-state index contributed by atoms with van der Waals surface area (Å²) in [6.45, 7) is 0. The van der Waals surface area contributed by atoms with Crippen LogP contribution in [0.2, 0.25) is 0 Å². The molecule has 0 aromatic heterocycles. The lowest BCUT2D eigenvalue weighted by Crippen LogP contribution is -2.29. The first kappa shape index (κ1) is 13.9. The minimum atomic E-state index is -0.715. The van der Waals surface area contributed by atoms with E-state index in [0.717, 1.165) is 16.7 Å². The first-order chi connectivity index (χ1) is 10.4. The van der Waals surface area contributed by atoms with E-state index in [4.69, 9.17) is 4.18 Å². The van der Waals surface area contributed by atoms with Crippen LogP contribution in [0.4, 0.5) is 0 Å². The van der Waals surface area contributed by atoms with Crippen molar-refractivity contribution in [2.45, 2.75) is 5.60 Å². The Morgan fingerprint density at radius 2 is 0.810 bits per heavy atom. The average molecular weight is 292 g/mol. The Morgan fingerprint density at radius 3 is 1.05 bits per heavy atom. The molecule has 0 saturated carbocycles. The highest BCUT2D eigenvalue weighted by atomic mass is 32.1. The summed E-state index contributed by atoms with van der Waals surface area (Å²) in [6, 6.07) is 30.5. The molecule has 0 aliphatic heterocycles. The van der Waals surface area contributed by atoms with Crippen LogP contribution in [-0.2, 0) is 9.78 Å². The van der Waals surface area contributed by atoms with Gasteiger partial charge in [-0.25, -0.2) is 0 Å². The van der Waals surface area contributed by atoms with Crippen molar-refractivity contribution >= 4 is 12.9 Å². The molecular formula is C19H16OS. The Morgan fingerprint density at radius 1 is 0.524 bits per heavy atom. The molecule has 0 atom stereocenters. The summed E-state index contributed by atoms with van der Waals surface area (Å²) in [5.74, 6) is 0. The standard InChI is InChI=1S/C19H16OS/c21-20-19(16-10-4-1-5-11-16,17-12-6-2-7-13-17)18-14-8-3-9-15-18/h1-15,21H. The predicted molar refractivity (Wildman–Crippen MR) is 89.3 cm³/mol. The van der Waals surface area contributed by atoms with E-state index >= 15 is 0 Å². The number of benzene rings is 3. The van der Waals surface area contributed by atoms with E-state index in [9.17, 15) is 0 Å². The van der Waals surface area contributed by atoms with Crippen LogP contribution in [0.3, 0.4) is 0 Å². The highest BCUT2D eigenvalue weighted by molar-refractivity contribution is 7.75. The highest BCUT2D eigenvalue weighted by Crippen LogP contribution is 2.40. The lowest BCUT2D eigenvalue weighted by Gasteiger charge is -2.33. The van der Waals surface area contributed by atoms with Gasteiger partial charge in [0, 0.05) is 0 Å². The number of hydrogen-bond acceptors (Lipinski definition) is 2. The fourth-order valence-corrected chi connectivity index (χ4v) is 2.99. The Kier molecular flexibility index (Phi) is 4.09. The molecule has 0 fully saturated rings. The molecule has 0 unspecified atom stereocenters. The maximum Gasteiger partial charge on any atom is 0.157 e. The van der Waals surface area contributed by atoms with Crippen LogP contribution >= 0.6 is 12.9 Å². The summed E-state index contributed by atoms with van der Waals surface area (Å²) < 4.78 is 5.79. The van der Waals surface area contributed by atoms with Crippen LogP contribution in [0.5, 0.6) is 0 Å². The Bertz CT molecular complexity index is 584. The summed E-state index contributed by atoms with van der Waals surface area (Å²) in [5.41, 5.74) is 2.44. The molecule has 0 heterocycles. The molecule has 3 aromatic carbocycles. The van der Waals surface area contributed by atoms with E-state index in [1.807, 2.05) is 54.6 Å². The summed E-state index contributed by atoms with van der Waals surface area (Å²) in [6.07, 6.45) is 0. The topological polar surface area (TPSA) is 9.23 Å². The van der Waals surface area contributed by atoms with Gasteiger partial charge < -0.3 is 0 Å². The first-order valence-electron chi connectivity index (χ1n) is 6.87. The van der Waals surface area contributed by atoms with Gasteiger partial charge in [-0.05, 0) is 29.6 Å². The molecule has 0 saturated heterocycles. The van der Waals surface area contributed by atoms with Crippen LogP contribution in [0.15, 0.2) is 91.0 Å². The number of thiol groups is 1. The van der Waals surface area contributed by atoms with Gasteiger partial charge in [-0.2, -0.15) is 0 Å². The summed E-state index contributed by atoms with van der Waals surface area (Å²) in [7, 11) is 0. The predicted octanol–water partition coefficient (Wildman–Crippen LogP) is 4.84. The van der Waals surface area contributed by atoms with Gasteiger partial charge in [0.25, 0.3) is 0 Å². The second-order valence-electron chi connectivity index (χ2n) is 4.87. The Balaban J connectivity index is 2.29. The lowest BCUT2D eigenvalue weighted by atomic mass is 9.80. The second kappa shape index (κ2) is 6.17. The smallest absolute Gasteiger partial charge is 0.157 e. The average Bonchev–Trinajstić information content (AvgIpc) is 2.59. The Hall–Kier alpha value is -2.03. The fourth-order valence-electron chi connectivity index (χ4n) is 2.68. The van der Waals surface area contributed by atoms with Gasteiger partial charge in [-0.1, -0.05) is 91.0 Å². The van der Waals surface area contributed by atoms with E-state index < -0.39 is 5.60 Å². The van der Waals surface area contributed by atoms with Crippen molar-refractivity contribution in [3.8, 4) is 0 Å². The monoisotopic (exact) mass is 292 g/mol. The van der Waals surface area contributed by atoms with E-state index in [0.29, 0.717) is 0 Å². The molecule has 3 rings (SSSR count). The van der Waals surface area contributed by atoms with Crippen LogP contribution in [-0.4, -0.2) is 0 Å². The van der Waals surface area contributed by atoms with Crippen molar-refractivity contribution in [3.63, 3.8) is 0 Å². The lowest BCUT2D eigenvalue weighted by molar-refractivity contribution is 0.198. The number of rotatable bonds is 4. The maximum atomic E-state index is 5.79. The molecular weight excluding hydrogens is 276 g/mol. The molecule has 2 heteroatoms. The molecule has 0 aliphatic rings. The SMILES string of the molecule is SOC(c1ccccc1)(c1ccccc1)c1ccccc1. The molecule has 3 aromatic rings. The fraction of sp³-hybridized carbons (Fsp3) is 0.0526. The van der Waals surface area contributed by atoms with Crippen molar-refractivity contribution in [1.29, 1.82) is 0 Å². The van der Waals surface area contributed by atoms with Crippen LogP contribution in [0, 0.1) is 0 Å². The summed E-state index contributed by atoms with van der Waals surface area (Å²) in [4.78, 5) is 0. The molecule has 21 heavy (non-hydrogen) atoms. The minimum Gasteiger partial charge on any atom is -0.298 e. The first-order valence-corrected chi connectivity index (χ1v) is 7.23. The van der Waals surface area contributed by atoms with Gasteiger partial charge in [0.2, 0.25) is 0 Å². The zero-order valence-corrected chi connectivity index (χ0v) is 12.4. The van der Waals surface area contributed by atoms with Crippen LogP contribution in [0.1, 0.15) is 16.7 Å². The van der Waals surface area contributed by atoms with Gasteiger partial charge in [0.05, 0.1) is 0 Å². The maximum absolute atomic E-state index is 5.79. The van der Waals surface area contributed by atoms with Crippen LogP contribution in [0.25, 0.3) is 0 Å². The van der Waals surface area contributed by atoms with E-state index in [2.05, 4.69) is 49.3 Å². The van der Waals surface area contributed by atoms with Crippen molar-refractivity contribution in [2.24, 2.45) is 0 Å². The van der Waals surface area contributed by atoms with Gasteiger partial charge in [-0.15, -0.1) is 0 Å². The summed E-state index contributed by atoms with van der Waals surface area (Å²) >= 11 is 4.24. The molecule has 104 valence electrons. The van der Waals surface area contributed by atoms with Gasteiger partial charge >= 0.3 is 0 Å². The molecule has 0 spiro atoms. The van der Waals surface area contributed by atoms with Crippen molar-refractivity contribution in [3.05, 3.63) is 108 Å². The molecule has 0 amide bonds. The van der Waals surface area contributed by atoms with E-state index in [1.165, 1.54) is 0 Å². The zero-order chi connectivity index (χ0) is 14.5. The van der Waals surface area contributed by atoms with E-state index in [1.54, 1.807) is 0 Å². The van der Waals surface area contributed by atoms with Gasteiger partial charge in [-0.3, -0.25) is 4.18 Å². The quantitative estimate of drug-likeness (QED) is 0.411. The molecule has 1 nitrogen and oxygen atoms in total. The third kappa shape index (κ3) is 2.48. The minimum absolute atomic E-state index is 0.715.